The molecule has 3 nitrogen and oxygen atoms in total. The Morgan fingerprint density at radius 2 is 1.93 bits per heavy atom. The molecule has 2 aliphatic carbocycles. The molecule has 2 aliphatic rings. The van der Waals surface area contributed by atoms with Crippen molar-refractivity contribution in [2.45, 2.75) is 38.4 Å². The molecule has 0 radical (unpaired) electrons. The van der Waals surface area contributed by atoms with Crippen molar-refractivity contribution in [1.29, 1.82) is 0 Å². The summed E-state index contributed by atoms with van der Waals surface area (Å²) >= 11 is 3.30. The Kier molecular flexibility index (Phi) is 1.96. The zero-order chi connectivity index (χ0) is 11.6. The maximum Gasteiger partial charge on any atom is 0.311 e. The molecule has 84 valence electrons. The van der Waals surface area contributed by atoms with Crippen LogP contribution in [0.3, 0.4) is 0 Å². The first-order chi connectivity index (χ1) is 6.72. The van der Waals surface area contributed by atoms with Crippen LogP contribution < -0.4 is 0 Å². The molecular formula is C11H15BrO3. The number of hydrogen-bond acceptors (Lipinski definition) is 2. The van der Waals surface area contributed by atoms with Gasteiger partial charge in [-0.25, -0.2) is 0 Å². The highest BCUT2D eigenvalue weighted by Gasteiger charge is 2.77. The number of fused-ring (bicyclic) bond motifs is 2. The van der Waals surface area contributed by atoms with Crippen molar-refractivity contribution in [3.05, 3.63) is 0 Å². The Hall–Kier alpha value is -0.380. The van der Waals surface area contributed by atoms with Crippen molar-refractivity contribution in [3.8, 4) is 0 Å². The molecular weight excluding hydrogens is 260 g/mol. The highest BCUT2D eigenvalue weighted by atomic mass is 79.9. The van der Waals surface area contributed by atoms with Gasteiger partial charge >= 0.3 is 5.97 Å². The summed E-state index contributed by atoms with van der Waals surface area (Å²) in [6.07, 6.45) is 1.28. The summed E-state index contributed by atoms with van der Waals surface area (Å²) in [7, 11) is 0. The van der Waals surface area contributed by atoms with E-state index in [0.717, 1.165) is 0 Å². The molecule has 2 fully saturated rings. The van der Waals surface area contributed by atoms with Gasteiger partial charge < -0.3 is 5.11 Å². The number of aliphatic carboxylic acids is 1. The van der Waals surface area contributed by atoms with Crippen molar-refractivity contribution in [2.75, 3.05) is 0 Å². The summed E-state index contributed by atoms with van der Waals surface area (Å²) in [5.41, 5.74) is -1.88. The second-order valence-corrected chi connectivity index (χ2v) is 6.38. The van der Waals surface area contributed by atoms with E-state index in [9.17, 15) is 14.7 Å². The molecule has 0 spiro atoms. The number of Topliss-reactive ketones (excluding diaryl/α,β-unsaturated/α-hetero) is 1. The molecule has 2 bridgehead atoms. The number of rotatable bonds is 1. The number of hydrogen-bond donors (Lipinski definition) is 1. The highest BCUT2D eigenvalue weighted by molar-refractivity contribution is 9.10. The van der Waals surface area contributed by atoms with E-state index in [-0.39, 0.29) is 5.78 Å². The second kappa shape index (κ2) is 2.65. The number of ketones is 1. The van der Waals surface area contributed by atoms with Gasteiger partial charge in [0, 0.05) is 5.41 Å². The molecule has 4 heteroatoms. The van der Waals surface area contributed by atoms with Crippen LogP contribution >= 0.6 is 15.9 Å². The van der Waals surface area contributed by atoms with Crippen LogP contribution in [0.1, 0.15) is 33.6 Å². The molecule has 1 N–H and O–H groups in total. The fourth-order valence-electron chi connectivity index (χ4n) is 3.43. The molecule has 0 aromatic heterocycles. The topological polar surface area (TPSA) is 54.4 Å². The minimum Gasteiger partial charge on any atom is -0.481 e. The largest absolute Gasteiger partial charge is 0.481 e. The first-order valence-corrected chi connectivity index (χ1v) is 6.05. The van der Waals surface area contributed by atoms with Gasteiger partial charge in [-0.1, -0.05) is 36.7 Å². The Labute approximate surface area is 97.4 Å². The summed E-state index contributed by atoms with van der Waals surface area (Å²) in [6, 6.07) is 0. The molecule has 0 heterocycles. The SMILES string of the molecule is CC1(C)[C@]2(C)CC[C@@]1(C(=O)O)[C@@H](Br)C2=O. The third-order valence-corrected chi connectivity index (χ3v) is 6.30. The monoisotopic (exact) mass is 274 g/mol. The predicted molar refractivity (Wildman–Crippen MR) is 58.9 cm³/mol. The van der Waals surface area contributed by atoms with Crippen LogP contribution in [0.15, 0.2) is 0 Å². The van der Waals surface area contributed by atoms with Gasteiger partial charge in [0.2, 0.25) is 0 Å². The number of alkyl halides is 1. The van der Waals surface area contributed by atoms with Gasteiger partial charge in [0.15, 0.2) is 5.78 Å². The van der Waals surface area contributed by atoms with Gasteiger partial charge in [0.1, 0.15) is 0 Å². The standard InChI is InChI=1S/C11H15BrO3/c1-9(2)10(3)4-5-11(9,8(14)15)6(12)7(10)13/h6H,4-5H2,1-3H3,(H,14,15)/t6-,10+,11-/m0/s1. The van der Waals surface area contributed by atoms with Crippen LogP contribution in [-0.2, 0) is 9.59 Å². The molecule has 0 unspecified atom stereocenters. The molecule has 3 atom stereocenters. The molecule has 0 aromatic carbocycles. The van der Waals surface area contributed by atoms with Crippen molar-refractivity contribution < 1.29 is 14.7 Å². The van der Waals surface area contributed by atoms with E-state index in [1.165, 1.54) is 0 Å². The average molecular weight is 275 g/mol. The fourth-order valence-corrected chi connectivity index (χ4v) is 4.93. The number of carbonyl (C=O) groups is 2. The Balaban J connectivity index is 2.68. The van der Waals surface area contributed by atoms with Crippen molar-refractivity contribution in [1.82, 2.24) is 0 Å². The lowest BCUT2D eigenvalue weighted by atomic mass is 9.65. The maximum atomic E-state index is 12.1. The van der Waals surface area contributed by atoms with Gasteiger partial charge in [0.05, 0.1) is 10.2 Å². The second-order valence-electron chi connectivity index (χ2n) is 5.46. The number of halogens is 1. The van der Waals surface area contributed by atoms with E-state index in [1.54, 1.807) is 0 Å². The third-order valence-electron chi connectivity index (χ3n) is 5.10. The van der Waals surface area contributed by atoms with Gasteiger partial charge in [-0.15, -0.1) is 0 Å². The van der Waals surface area contributed by atoms with E-state index in [2.05, 4.69) is 15.9 Å². The molecule has 0 aliphatic heterocycles. The Morgan fingerprint density at radius 3 is 2.20 bits per heavy atom. The molecule has 2 saturated carbocycles. The van der Waals surface area contributed by atoms with Crippen LogP contribution in [0.5, 0.6) is 0 Å². The smallest absolute Gasteiger partial charge is 0.311 e. The summed E-state index contributed by atoms with van der Waals surface area (Å²) in [4.78, 5) is 23.1. The van der Waals surface area contributed by atoms with Crippen molar-refractivity contribution in [2.24, 2.45) is 16.2 Å². The molecule has 0 aromatic rings. The Morgan fingerprint density at radius 1 is 1.40 bits per heavy atom. The summed E-state index contributed by atoms with van der Waals surface area (Å²) in [5.74, 6) is -0.787. The van der Waals surface area contributed by atoms with Crippen molar-refractivity contribution >= 4 is 27.7 Å². The van der Waals surface area contributed by atoms with Crippen LogP contribution in [0.2, 0.25) is 0 Å². The third kappa shape index (κ3) is 0.846. The lowest BCUT2D eigenvalue weighted by Gasteiger charge is -2.37. The van der Waals surface area contributed by atoms with Crippen LogP contribution in [0, 0.1) is 16.2 Å². The maximum absolute atomic E-state index is 12.1. The van der Waals surface area contributed by atoms with Crippen molar-refractivity contribution in [3.63, 3.8) is 0 Å². The van der Waals surface area contributed by atoms with Gasteiger partial charge in [-0.05, 0) is 18.3 Å². The minimum atomic E-state index is -0.918. The molecule has 0 amide bonds. The highest BCUT2D eigenvalue weighted by Crippen LogP contribution is 2.72. The first-order valence-electron chi connectivity index (χ1n) is 5.13. The zero-order valence-electron chi connectivity index (χ0n) is 9.13. The quantitative estimate of drug-likeness (QED) is 0.746. The summed E-state index contributed by atoms with van der Waals surface area (Å²) < 4.78 is 0. The molecule has 2 rings (SSSR count). The van der Waals surface area contributed by atoms with E-state index >= 15 is 0 Å². The zero-order valence-corrected chi connectivity index (χ0v) is 10.7. The fraction of sp³-hybridized carbons (Fsp3) is 0.818. The number of carboxylic acid groups (broad SMARTS) is 1. The van der Waals surface area contributed by atoms with Crippen LogP contribution in [-0.4, -0.2) is 21.7 Å². The first kappa shape index (κ1) is 11.1. The minimum absolute atomic E-state index is 0.0566. The van der Waals surface area contributed by atoms with E-state index in [0.29, 0.717) is 12.8 Å². The molecule has 0 saturated heterocycles. The number of carboxylic acids is 1. The van der Waals surface area contributed by atoms with Gasteiger partial charge in [-0.2, -0.15) is 0 Å². The predicted octanol–water partition coefficient (Wildman–Crippen LogP) is 2.23. The van der Waals surface area contributed by atoms with Crippen LogP contribution in [0.4, 0.5) is 0 Å². The normalized spacial score (nSPS) is 47.2. The molecule has 15 heavy (non-hydrogen) atoms. The van der Waals surface area contributed by atoms with E-state index < -0.39 is 27.0 Å². The lowest BCUT2D eigenvalue weighted by molar-refractivity contribution is -0.153. The van der Waals surface area contributed by atoms with E-state index in [4.69, 9.17) is 0 Å². The van der Waals surface area contributed by atoms with E-state index in [1.807, 2.05) is 20.8 Å². The van der Waals surface area contributed by atoms with Gasteiger partial charge in [-0.3, -0.25) is 9.59 Å². The summed E-state index contributed by atoms with van der Waals surface area (Å²) in [5, 5.41) is 9.45. The average Bonchev–Trinajstić information content (AvgIpc) is 2.39. The summed E-state index contributed by atoms with van der Waals surface area (Å²) in [6.45, 7) is 5.72. The lowest BCUT2D eigenvalue weighted by Crippen LogP contribution is -2.44. The Bertz CT molecular complexity index is 363. The van der Waals surface area contributed by atoms with Crippen LogP contribution in [0.25, 0.3) is 0 Å². The number of carbonyl (C=O) groups excluding carboxylic acids is 1. The van der Waals surface area contributed by atoms with Gasteiger partial charge in [0.25, 0.3) is 0 Å².